The van der Waals surface area contributed by atoms with Crippen molar-refractivity contribution in [1.82, 2.24) is 9.55 Å². The van der Waals surface area contributed by atoms with Crippen LogP contribution in [0.3, 0.4) is 0 Å². The number of pyridine rings is 1. The molecule has 0 fully saturated rings. The molecule has 4 aromatic rings. The normalized spacial score (nSPS) is 11.1. The van der Waals surface area contributed by atoms with Gasteiger partial charge in [0.1, 0.15) is 5.75 Å². The third kappa shape index (κ3) is 1.89. The van der Waals surface area contributed by atoms with Gasteiger partial charge in [-0.25, -0.2) is 0 Å². The molecule has 0 aliphatic heterocycles. The molecule has 0 radical (unpaired) electrons. The van der Waals surface area contributed by atoms with Crippen molar-refractivity contribution in [2.45, 2.75) is 0 Å². The van der Waals surface area contributed by atoms with Crippen LogP contribution in [0, 0.1) is 0 Å². The fraction of sp³-hybridized carbons (Fsp3) is 0.0556. The molecule has 0 bridgehead atoms. The fourth-order valence-electron chi connectivity index (χ4n) is 2.71. The van der Waals surface area contributed by atoms with Crippen LogP contribution in [0.25, 0.3) is 27.4 Å². The Kier molecular flexibility index (Phi) is 2.76. The molecule has 0 unspecified atom stereocenters. The van der Waals surface area contributed by atoms with Gasteiger partial charge in [-0.15, -0.1) is 0 Å². The van der Waals surface area contributed by atoms with Crippen molar-refractivity contribution in [3.8, 4) is 17.3 Å². The van der Waals surface area contributed by atoms with Crippen LogP contribution in [0.5, 0.6) is 11.6 Å². The fourth-order valence-corrected chi connectivity index (χ4v) is 2.71. The molecule has 4 nitrogen and oxygen atoms in total. The summed E-state index contributed by atoms with van der Waals surface area (Å²) in [7, 11) is 1.62. The van der Waals surface area contributed by atoms with E-state index in [2.05, 4.69) is 4.98 Å². The first-order valence-corrected chi connectivity index (χ1v) is 6.99. The first-order chi connectivity index (χ1) is 10.8. The van der Waals surface area contributed by atoms with Gasteiger partial charge in [-0.05, 0) is 42.5 Å². The Morgan fingerprint density at radius 3 is 2.82 bits per heavy atom. The largest absolute Gasteiger partial charge is 0.497 e. The van der Waals surface area contributed by atoms with E-state index in [-0.39, 0.29) is 5.88 Å². The van der Waals surface area contributed by atoms with Gasteiger partial charge in [-0.1, -0.05) is 6.07 Å². The van der Waals surface area contributed by atoms with E-state index in [1.54, 1.807) is 17.9 Å². The molecule has 22 heavy (non-hydrogen) atoms. The summed E-state index contributed by atoms with van der Waals surface area (Å²) >= 11 is 0. The third-order valence-electron chi connectivity index (χ3n) is 3.86. The molecule has 0 aliphatic carbocycles. The number of aromatic nitrogens is 2. The second-order valence-electron chi connectivity index (χ2n) is 5.16. The van der Waals surface area contributed by atoms with Crippen molar-refractivity contribution in [2.24, 2.45) is 0 Å². The predicted molar refractivity (Wildman–Crippen MR) is 86.8 cm³/mol. The molecule has 2 aromatic heterocycles. The number of benzene rings is 2. The molecule has 108 valence electrons. The average Bonchev–Trinajstić information content (AvgIpc) is 2.90. The van der Waals surface area contributed by atoms with E-state index in [4.69, 9.17) is 4.74 Å². The molecule has 0 aliphatic rings. The number of nitrogens with zero attached hydrogens (tertiary/aromatic N) is 2. The van der Waals surface area contributed by atoms with Gasteiger partial charge in [-0.2, -0.15) is 0 Å². The smallest absolute Gasteiger partial charge is 0.203 e. The van der Waals surface area contributed by atoms with E-state index < -0.39 is 0 Å². The van der Waals surface area contributed by atoms with E-state index in [1.165, 1.54) is 0 Å². The molecule has 1 N–H and O–H groups in total. The topological polar surface area (TPSA) is 47.3 Å². The van der Waals surface area contributed by atoms with E-state index in [9.17, 15) is 5.11 Å². The average molecular weight is 290 g/mol. The lowest BCUT2D eigenvalue weighted by Gasteiger charge is -2.06. The van der Waals surface area contributed by atoms with Crippen molar-refractivity contribution >= 4 is 21.7 Å². The summed E-state index contributed by atoms with van der Waals surface area (Å²) in [5.74, 6) is 0.931. The third-order valence-corrected chi connectivity index (χ3v) is 3.86. The van der Waals surface area contributed by atoms with Gasteiger partial charge < -0.3 is 9.84 Å². The molecule has 2 heterocycles. The molecule has 4 heteroatoms. The lowest BCUT2D eigenvalue weighted by molar-refractivity contribution is 0.414. The zero-order valence-electron chi connectivity index (χ0n) is 12.0. The van der Waals surface area contributed by atoms with Crippen LogP contribution in [-0.2, 0) is 0 Å². The summed E-state index contributed by atoms with van der Waals surface area (Å²) in [5, 5.41) is 13.3. The van der Waals surface area contributed by atoms with Crippen molar-refractivity contribution in [2.75, 3.05) is 7.11 Å². The summed E-state index contributed by atoms with van der Waals surface area (Å²) in [4.78, 5) is 4.32. The molecule has 0 amide bonds. The zero-order valence-corrected chi connectivity index (χ0v) is 12.0. The molecule has 2 aromatic carbocycles. The zero-order chi connectivity index (χ0) is 15.1. The minimum absolute atomic E-state index is 0.206. The van der Waals surface area contributed by atoms with Gasteiger partial charge >= 0.3 is 0 Å². The maximum absolute atomic E-state index is 10.5. The number of rotatable bonds is 2. The standard InChI is InChI=1S/C18H14N2O2/c1-22-15-6-4-13-11-20(18(21)16(13)10-15)14-5-7-17-12(9-14)3-2-8-19-17/h2-11,21H,1H3. The lowest BCUT2D eigenvalue weighted by Crippen LogP contribution is -1.91. The maximum Gasteiger partial charge on any atom is 0.203 e. The highest BCUT2D eigenvalue weighted by Gasteiger charge is 2.11. The minimum atomic E-state index is 0.206. The summed E-state index contributed by atoms with van der Waals surface area (Å²) < 4.78 is 7.00. The van der Waals surface area contributed by atoms with E-state index >= 15 is 0 Å². The first kappa shape index (κ1) is 12.7. The number of hydrogen-bond donors (Lipinski definition) is 1. The number of ether oxygens (including phenoxy) is 1. The summed E-state index contributed by atoms with van der Waals surface area (Å²) in [6.07, 6.45) is 3.69. The SMILES string of the molecule is COc1ccc2cn(-c3ccc4ncccc4c3)c(O)c2c1. The van der Waals surface area contributed by atoms with Gasteiger partial charge in [0.05, 0.1) is 12.6 Å². The van der Waals surface area contributed by atoms with Crippen LogP contribution < -0.4 is 4.74 Å². The first-order valence-electron chi connectivity index (χ1n) is 6.99. The van der Waals surface area contributed by atoms with E-state index in [0.717, 1.165) is 33.1 Å². The predicted octanol–water partition coefficient (Wildman–Crippen LogP) is 3.89. The molecular formula is C18H14N2O2. The number of methoxy groups -OCH3 is 1. The minimum Gasteiger partial charge on any atom is -0.497 e. The Morgan fingerprint density at radius 1 is 1.05 bits per heavy atom. The molecule has 0 spiro atoms. The maximum atomic E-state index is 10.5. The monoisotopic (exact) mass is 290 g/mol. The van der Waals surface area contributed by atoms with Crippen molar-refractivity contribution in [3.05, 3.63) is 60.9 Å². The second-order valence-corrected chi connectivity index (χ2v) is 5.16. The van der Waals surface area contributed by atoms with Crippen molar-refractivity contribution < 1.29 is 9.84 Å². The molecule has 4 rings (SSSR count). The van der Waals surface area contributed by atoms with E-state index in [1.807, 2.05) is 54.7 Å². The summed E-state index contributed by atoms with van der Waals surface area (Å²) in [6.45, 7) is 0. The summed E-state index contributed by atoms with van der Waals surface area (Å²) in [5.41, 5.74) is 1.83. The Labute approximate surface area is 127 Å². The molecule has 0 atom stereocenters. The Morgan fingerprint density at radius 2 is 1.95 bits per heavy atom. The van der Waals surface area contributed by atoms with Gasteiger partial charge in [0.25, 0.3) is 0 Å². The van der Waals surface area contributed by atoms with Crippen molar-refractivity contribution in [1.29, 1.82) is 0 Å². The van der Waals surface area contributed by atoms with Gasteiger partial charge in [0.2, 0.25) is 5.88 Å². The van der Waals surface area contributed by atoms with Crippen LogP contribution in [0.2, 0.25) is 0 Å². The van der Waals surface area contributed by atoms with Crippen LogP contribution in [0.1, 0.15) is 0 Å². The van der Waals surface area contributed by atoms with Crippen LogP contribution in [0.15, 0.2) is 60.9 Å². The highest BCUT2D eigenvalue weighted by atomic mass is 16.5. The number of aromatic hydroxyl groups is 1. The van der Waals surface area contributed by atoms with Crippen LogP contribution in [0.4, 0.5) is 0 Å². The summed E-state index contributed by atoms with van der Waals surface area (Å²) in [6, 6.07) is 15.5. The van der Waals surface area contributed by atoms with Crippen LogP contribution >= 0.6 is 0 Å². The highest BCUT2D eigenvalue weighted by Crippen LogP contribution is 2.33. The van der Waals surface area contributed by atoms with Crippen molar-refractivity contribution in [3.63, 3.8) is 0 Å². The number of hydrogen-bond acceptors (Lipinski definition) is 3. The van der Waals surface area contributed by atoms with Gasteiger partial charge in [-0.3, -0.25) is 9.55 Å². The molecule has 0 saturated carbocycles. The van der Waals surface area contributed by atoms with Crippen LogP contribution in [-0.4, -0.2) is 21.8 Å². The Balaban J connectivity index is 1.93. The molecule has 0 saturated heterocycles. The van der Waals surface area contributed by atoms with Gasteiger partial charge in [0.15, 0.2) is 0 Å². The highest BCUT2D eigenvalue weighted by molar-refractivity contribution is 5.90. The quantitative estimate of drug-likeness (QED) is 0.609. The Bertz CT molecular complexity index is 989. The molecular weight excluding hydrogens is 276 g/mol. The lowest BCUT2D eigenvalue weighted by atomic mass is 10.2. The van der Waals surface area contributed by atoms with E-state index in [0.29, 0.717) is 0 Å². The Hall–Kier alpha value is -3.01. The number of fused-ring (bicyclic) bond motifs is 2. The second kappa shape index (κ2) is 4.77. The van der Waals surface area contributed by atoms with Gasteiger partial charge in [0, 0.05) is 34.2 Å².